The second-order valence-electron chi connectivity index (χ2n) is 10.8. The number of aromatic nitrogens is 2. The van der Waals surface area contributed by atoms with E-state index in [1.54, 1.807) is 7.11 Å². The molecule has 210 valence electrons. The highest BCUT2D eigenvalue weighted by atomic mass is 16.6. The number of piperidine rings is 1. The van der Waals surface area contributed by atoms with E-state index in [2.05, 4.69) is 27.1 Å². The molecule has 1 aliphatic rings. The number of rotatable bonds is 10. The van der Waals surface area contributed by atoms with Gasteiger partial charge >= 0.3 is 6.09 Å². The molecular formula is C29H46N6O3. The van der Waals surface area contributed by atoms with Crippen LogP contribution in [0.4, 0.5) is 10.5 Å². The highest BCUT2D eigenvalue weighted by Gasteiger charge is 2.24. The van der Waals surface area contributed by atoms with Crippen LogP contribution in [0.3, 0.4) is 0 Å². The minimum absolute atomic E-state index is 0.525. The van der Waals surface area contributed by atoms with E-state index >= 15 is 0 Å². The molecule has 1 aliphatic heterocycles. The Labute approximate surface area is 227 Å². The van der Waals surface area contributed by atoms with Crippen LogP contribution < -0.4 is 21.1 Å². The lowest BCUT2D eigenvalue weighted by Gasteiger charge is -2.31. The summed E-state index contributed by atoms with van der Waals surface area (Å²) < 4.78 is 13.2. The van der Waals surface area contributed by atoms with E-state index in [9.17, 15) is 4.79 Å². The van der Waals surface area contributed by atoms with E-state index in [-0.39, 0.29) is 0 Å². The topological polar surface area (TPSA) is 107 Å². The van der Waals surface area contributed by atoms with Crippen molar-refractivity contribution in [3.8, 4) is 17.0 Å². The fourth-order valence-corrected chi connectivity index (χ4v) is 4.86. The van der Waals surface area contributed by atoms with E-state index in [4.69, 9.17) is 20.3 Å². The Morgan fingerprint density at radius 3 is 2.53 bits per heavy atom. The molecule has 1 saturated heterocycles. The first kappa shape index (κ1) is 29.5. The van der Waals surface area contributed by atoms with Crippen LogP contribution in [0.5, 0.6) is 5.75 Å². The van der Waals surface area contributed by atoms with Crippen LogP contribution in [0.1, 0.15) is 65.1 Å². The molecule has 1 amide bonds. The van der Waals surface area contributed by atoms with Crippen LogP contribution in [0.2, 0.25) is 0 Å². The number of anilines is 1. The quantitative estimate of drug-likeness (QED) is 0.406. The summed E-state index contributed by atoms with van der Waals surface area (Å²) >= 11 is 0. The average molecular weight is 527 g/mol. The van der Waals surface area contributed by atoms with Gasteiger partial charge in [-0.15, -0.1) is 0 Å². The zero-order valence-corrected chi connectivity index (χ0v) is 24.2. The van der Waals surface area contributed by atoms with Gasteiger partial charge in [0.15, 0.2) is 0 Å². The number of amides is 1. The van der Waals surface area contributed by atoms with Crippen LogP contribution in [0.25, 0.3) is 17.0 Å². The number of methoxy groups -OCH3 is 1. The van der Waals surface area contributed by atoms with Gasteiger partial charge in [-0.2, -0.15) is 5.10 Å². The SMILES string of the molecule is C/C=C(/N)c1c(-c2ccc(NC(=O)OC(C)(C)C)c(OC)c2)nn(CCN2CCC(NC)CC2)c1CCC. The van der Waals surface area contributed by atoms with Gasteiger partial charge in [-0.3, -0.25) is 10.00 Å². The molecule has 0 saturated carbocycles. The Hall–Kier alpha value is -3.04. The van der Waals surface area contributed by atoms with E-state index in [0.29, 0.717) is 23.2 Å². The predicted octanol–water partition coefficient (Wildman–Crippen LogP) is 4.86. The fourth-order valence-electron chi connectivity index (χ4n) is 4.86. The summed E-state index contributed by atoms with van der Waals surface area (Å²) in [6, 6.07) is 6.26. The summed E-state index contributed by atoms with van der Waals surface area (Å²) in [5.41, 5.74) is 11.0. The Bertz CT molecular complexity index is 1110. The normalized spacial score (nSPS) is 15.5. The number of nitrogens with one attached hydrogen (secondary N) is 2. The lowest BCUT2D eigenvalue weighted by molar-refractivity contribution is 0.0635. The average Bonchev–Trinajstić information content (AvgIpc) is 3.24. The molecule has 0 aliphatic carbocycles. The first-order valence-corrected chi connectivity index (χ1v) is 13.7. The zero-order chi connectivity index (χ0) is 27.9. The van der Waals surface area contributed by atoms with E-state index in [1.807, 2.05) is 59.0 Å². The molecule has 0 bridgehead atoms. The molecule has 3 rings (SSSR count). The third-order valence-corrected chi connectivity index (χ3v) is 6.88. The molecule has 0 atom stereocenters. The fraction of sp³-hybridized carbons (Fsp3) is 0.586. The van der Waals surface area contributed by atoms with Crippen molar-refractivity contribution < 1.29 is 14.3 Å². The highest BCUT2D eigenvalue weighted by Crippen LogP contribution is 2.35. The number of hydrogen-bond donors (Lipinski definition) is 3. The van der Waals surface area contributed by atoms with Crippen LogP contribution in [0, 0.1) is 0 Å². The molecular weight excluding hydrogens is 480 g/mol. The number of benzene rings is 1. The van der Waals surface area contributed by atoms with Crippen molar-refractivity contribution in [3.05, 3.63) is 35.5 Å². The monoisotopic (exact) mass is 526 g/mol. The standard InChI is InChI=1S/C29H46N6O3/c1-8-10-24-26(22(30)9-2)27(33-35(24)18-17-34-15-13-21(31-6)14-16-34)20-11-12-23(25(19-20)37-7)32-28(36)38-29(3,4)5/h9,11-12,19,21,31H,8,10,13-18,30H2,1-7H3,(H,32,36)/b22-9+. The molecule has 4 N–H and O–H groups in total. The van der Waals surface area contributed by atoms with Crippen LogP contribution in [-0.2, 0) is 17.7 Å². The van der Waals surface area contributed by atoms with Gasteiger partial charge in [0.1, 0.15) is 17.0 Å². The summed E-state index contributed by atoms with van der Waals surface area (Å²) in [7, 11) is 3.63. The van der Waals surface area contributed by atoms with Crippen LogP contribution >= 0.6 is 0 Å². The Balaban J connectivity index is 1.93. The second kappa shape index (κ2) is 13.2. The summed E-state index contributed by atoms with van der Waals surface area (Å²) in [5, 5.41) is 11.3. The lowest BCUT2D eigenvalue weighted by atomic mass is 10.0. The van der Waals surface area contributed by atoms with Gasteiger partial charge in [0.25, 0.3) is 0 Å². The Kier molecular flexibility index (Phi) is 10.2. The first-order chi connectivity index (χ1) is 18.1. The molecule has 2 heterocycles. The van der Waals surface area contributed by atoms with E-state index < -0.39 is 11.7 Å². The van der Waals surface area contributed by atoms with Gasteiger partial charge in [-0.1, -0.05) is 25.5 Å². The van der Waals surface area contributed by atoms with Crippen molar-refractivity contribution in [1.82, 2.24) is 20.0 Å². The maximum Gasteiger partial charge on any atom is 0.412 e. The molecule has 0 radical (unpaired) electrons. The number of carbonyl (C=O) groups is 1. The molecule has 1 fully saturated rings. The number of nitrogens with zero attached hydrogens (tertiary/aromatic N) is 3. The molecule has 0 unspecified atom stereocenters. The van der Waals surface area contributed by atoms with Crippen molar-refractivity contribution >= 4 is 17.5 Å². The maximum absolute atomic E-state index is 12.4. The maximum atomic E-state index is 12.4. The summed E-state index contributed by atoms with van der Waals surface area (Å²) in [5.74, 6) is 0.525. The first-order valence-electron chi connectivity index (χ1n) is 13.7. The smallest absolute Gasteiger partial charge is 0.412 e. The third-order valence-electron chi connectivity index (χ3n) is 6.88. The Morgan fingerprint density at radius 1 is 1.24 bits per heavy atom. The molecule has 1 aromatic carbocycles. The van der Waals surface area contributed by atoms with Crippen molar-refractivity contribution in [1.29, 1.82) is 0 Å². The third kappa shape index (κ3) is 7.51. The molecule has 38 heavy (non-hydrogen) atoms. The van der Waals surface area contributed by atoms with Gasteiger partial charge < -0.3 is 25.4 Å². The lowest BCUT2D eigenvalue weighted by Crippen LogP contribution is -2.42. The number of allylic oxidation sites excluding steroid dienone is 1. The van der Waals surface area contributed by atoms with Crippen LogP contribution in [-0.4, -0.2) is 66.2 Å². The van der Waals surface area contributed by atoms with Crippen molar-refractivity contribution in [2.75, 3.05) is 39.1 Å². The van der Waals surface area contributed by atoms with Gasteiger partial charge in [-0.05, 0) is 79.2 Å². The predicted molar refractivity (Wildman–Crippen MR) is 154 cm³/mol. The van der Waals surface area contributed by atoms with Crippen molar-refractivity contribution in [3.63, 3.8) is 0 Å². The van der Waals surface area contributed by atoms with Gasteiger partial charge in [-0.25, -0.2) is 4.79 Å². The van der Waals surface area contributed by atoms with Crippen LogP contribution in [0.15, 0.2) is 24.3 Å². The largest absolute Gasteiger partial charge is 0.495 e. The Morgan fingerprint density at radius 2 is 1.95 bits per heavy atom. The number of likely N-dealkylation sites (tertiary alicyclic amines) is 1. The number of hydrogen-bond acceptors (Lipinski definition) is 7. The molecule has 9 nitrogen and oxygen atoms in total. The summed E-state index contributed by atoms with van der Waals surface area (Å²) in [4.78, 5) is 14.9. The van der Waals surface area contributed by atoms with Crippen molar-refractivity contribution in [2.45, 2.75) is 78.5 Å². The highest BCUT2D eigenvalue weighted by molar-refractivity contribution is 5.88. The van der Waals surface area contributed by atoms with Crippen molar-refractivity contribution in [2.24, 2.45) is 5.73 Å². The molecule has 9 heteroatoms. The minimum atomic E-state index is -0.596. The number of ether oxygens (including phenoxy) is 2. The molecule has 1 aromatic heterocycles. The number of nitrogens with two attached hydrogens (primary N) is 1. The van der Waals surface area contributed by atoms with E-state index in [1.165, 1.54) is 12.8 Å². The zero-order valence-electron chi connectivity index (χ0n) is 24.2. The summed E-state index contributed by atoms with van der Waals surface area (Å²) in [6.45, 7) is 13.6. The van der Waals surface area contributed by atoms with Gasteiger partial charge in [0.05, 0.1) is 19.3 Å². The molecule has 2 aromatic rings. The van der Waals surface area contributed by atoms with E-state index in [0.717, 1.165) is 61.5 Å². The molecule has 0 spiro atoms. The number of carbonyl (C=O) groups excluding carboxylic acids is 1. The van der Waals surface area contributed by atoms with Gasteiger partial charge in [0, 0.05) is 35.1 Å². The minimum Gasteiger partial charge on any atom is -0.495 e. The second-order valence-corrected chi connectivity index (χ2v) is 10.8. The summed E-state index contributed by atoms with van der Waals surface area (Å²) in [6.07, 6.45) is 5.61. The van der Waals surface area contributed by atoms with Gasteiger partial charge in [0.2, 0.25) is 0 Å².